The van der Waals surface area contributed by atoms with E-state index in [1.165, 1.54) is 10.4 Å². The average Bonchev–Trinajstić information content (AvgIpc) is 2.84. The van der Waals surface area contributed by atoms with Crippen LogP contribution in [0.15, 0.2) is 18.2 Å². The molecule has 1 aromatic rings. The summed E-state index contributed by atoms with van der Waals surface area (Å²) in [5, 5.41) is 9.33. The second-order valence-electron chi connectivity index (χ2n) is 8.21. The molecule has 2 aliphatic heterocycles. The van der Waals surface area contributed by atoms with Gasteiger partial charge in [0.15, 0.2) is 16.3 Å². The van der Waals surface area contributed by atoms with E-state index in [-0.39, 0.29) is 56.5 Å². The fourth-order valence-corrected chi connectivity index (χ4v) is 6.57. The number of carbonyl (C=O) groups excluding carboxylic acids is 1. The number of benzene rings is 1. The van der Waals surface area contributed by atoms with Crippen LogP contribution < -0.4 is 15.1 Å². The molecule has 1 aromatic carbocycles. The molecule has 0 bridgehead atoms. The van der Waals surface area contributed by atoms with E-state index in [0.29, 0.717) is 51.6 Å². The first-order valence-electron chi connectivity index (χ1n) is 11.1. The number of methoxy groups -OCH3 is 1. The molecule has 0 unspecified atom stereocenters. The smallest absolute Gasteiger partial charge is 0.266 e. The molecule has 2 fully saturated rings. The van der Waals surface area contributed by atoms with Crippen LogP contribution in [0.4, 0.5) is 10.1 Å². The number of rotatable bonds is 9. The summed E-state index contributed by atoms with van der Waals surface area (Å²) in [7, 11) is -2.45. The summed E-state index contributed by atoms with van der Waals surface area (Å²) in [6.45, 7) is 5.12. The van der Waals surface area contributed by atoms with Gasteiger partial charge in [-0.3, -0.25) is 10.0 Å². The third-order valence-electron chi connectivity index (χ3n) is 6.44. The van der Waals surface area contributed by atoms with Crippen LogP contribution in [0.2, 0.25) is 0 Å². The van der Waals surface area contributed by atoms with Gasteiger partial charge in [-0.05, 0) is 31.9 Å². The molecule has 1 amide bonds. The first kappa shape index (κ1) is 31.6. The molecule has 2 N–H and O–H groups in total. The normalized spacial score (nSPS) is 18.8. The molecule has 202 valence electrons. The Morgan fingerprint density at radius 2 is 1.77 bits per heavy atom. The quantitative estimate of drug-likeness (QED) is 0.345. The molecule has 2 aliphatic rings. The fourth-order valence-electron chi connectivity index (χ4n) is 4.46. The molecule has 2 heterocycles. The van der Waals surface area contributed by atoms with Gasteiger partial charge >= 0.3 is 0 Å². The lowest BCUT2D eigenvalue weighted by Gasteiger charge is -2.44. The molecule has 10 nitrogen and oxygen atoms in total. The lowest BCUT2D eigenvalue weighted by atomic mass is 9.95. The van der Waals surface area contributed by atoms with E-state index >= 15 is 0 Å². The van der Waals surface area contributed by atoms with Crippen molar-refractivity contribution in [2.75, 3.05) is 71.0 Å². The number of carbonyl (C=O) groups is 1. The van der Waals surface area contributed by atoms with Crippen LogP contribution in [-0.2, 0) is 19.6 Å². The van der Waals surface area contributed by atoms with Crippen LogP contribution in [0.1, 0.15) is 19.8 Å². The monoisotopic (exact) mass is 560 g/mol. The van der Waals surface area contributed by atoms with Crippen LogP contribution in [0.3, 0.4) is 0 Å². The maximum Gasteiger partial charge on any atom is 0.266 e. The Bertz CT molecular complexity index is 926. The first-order valence-corrected chi connectivity index (χ1v) is 12.6. The van der Waals surface area contributed by atoms with E-state index in [2.05, 4.69) is 0 Å². The van der Waals surface area contributed by atoms with Gasteiger partial charge in [0, 0.05) is 64.7 Å². The number of likely N-dealkylation sites (tertiary alicyclic amines) is 1. The molecule has 14 heteroatoms. The van der Waals surface area contributed by atoms with E-state index in [1.54, 1.807) is 31.6 Å². The van der Waals surface area contributed by atoms with Gasteiger partial charge in [0.2, 0.25) is 10.0 Å². The SMILES string of the molecule is CCOc1ccc(N2CCN(S(=O)(=O)C3(C(=O)NO)CCN(CCOC)CC3)CC2)cc1F.Cl.Cl. The number of halogens is 3. The second kappa shape index (κ2) is 13.8. The van der Waals surface area contributed by atoms with E-state index in [4.69, 9.17) is 9.47 Å². The van der Waals surface area contributed by atoms with Crippen LogP contribution in [0.5, 0.6) is 5.75 Å². The summed E-state index contributed by atoms with van der Waals surface area (Å²) in [6.07, 6.45) is 0.158. The lowest BCUT2D eigenvalue weighted by Crippen LogP contribution is -2.63. The van der Waals surface area contributed by atoms with Crippen molar-refractivity contribution in [3.05, 3.63) is 24.0 Å². The van der Waals surface area contributed by atoms with E-state index in [0.717, 1.165) is 0 Å². The van der Waals surface area contributed by atoms with Crippen LogP contribution >= 0.6 is 24.8 Å². The van der Waals surface area contributed by atoms with E-state index in [9.17, 15) is 22.8 Å². The number of anilines is 1. The molecule has 0 saturated carbocycles. The number of hydrogen-bond donors (Lipinski definition) is 2. The minimum atomic E-state index is -4.05. The Morgan fingerprint density at radius 3 is 2.29 bits per heavy atom. The number of nitrogens with zero attached hydrogens (tertiary/aromatic N) is 3. The van der Waals surface area contributed by atoms with Crippen molar-refractivity contribution in [3.63, 3.8) is 0 Å². The van der Waals surface area contributed by atoms with Gasteiger partial charge in [-0.2, -0.15) is 4.31 Å². The van der Waals surface area contributed by atoms with Crippen molar-refractivity contribution in [1.29, 1.82) is 0 Å². The molecule has 0 radical (unpaired) electrons. The minimum absolute atomic E-state index is 0. The highest BCUT2D eigenvalue weighted by molar-refractivity contribution is 7.91. The van der Waals surface area contributed by atoms with Gasteiger partial charge in [-0.15, -0.1) is 24.8 Å². The Morgan fingerprint density at radius 1 is 1.14 bits per heavy atom. The molecular formula is C21H35Cl2FN4O6S. The molecule has 0 atom stereocenters. The van der Waals surface area contributed by atoms with Gasteiger partial charge in [0.25, 0.3) is 5.91 Å². The molecule has 35 heavy (non-hydrogen) atoms. The van der Waals surface area contributed by atoms with Crippen molar-refractivity contribution in [2.45, 2.75) is 24.5 Å². The lowest BCUT2D eigenvalue weighted by molar-refractivity contribution is -0.133. The first-order chi connectivity index (χ1) is 15.8. The molecule has 0 spiro atoms. The zero-order chi connectivity index (χ0) is 24.1. The summed E-state index contributed by atoms with van der Waals surface area (Å²) in [5.41, 5.74) is 2.22. The summed E-state index contributed by atoms with van der Waals surface area (Å²) >= 11 is 0. The number of amides is 1. The predicted octanol–water partition coefficient (Wildman–Crippen LogP) is 1.51. The van der Waals surface area contributed by atoms with Gasteiger partial charge < -0.3 is 19.3 Å². The van der Waals surface area contributed by atoms with Gasteiger partial charge in [-0.1, -0.05) is 0 Å². The highest BCUT2D eigenvalue weighted by Gasteiger charge is 2.55. The fraction of sp³-hybridized carbons (Fsp3) is 0.667. The van der Waals surface area contributed by atoms with Crippen molar-refractivity contribution in [2.24, 2.45) is 0 Å². The zero-order valence-corrected chi connectivity index (χ0v) is 22.4. The van der Waals surface area contributed by atoms with Crippen molar-refractivity contribution in [1.82, 2.24) is 14.7 Å². The number of piperidine rings is 1. The predicted molar refractivity (Wildman–Crippen MR) is 135 cm³/mol. The summed E-state index contributed by atoms with van der Waals surface area (Å²) in [4.78, 5) is 16.6. The number of nitrogens with one attached hydrogen (secondary N) is 1. The van der Waals surface area contributed by atoms with Crippen molar-refractivity contribution >= 4 is 46.4 Å². The Balaban J connectivity index is 0.00000306. The molecule has 3 rings (SSSR count). The van der Waals surface area contributed by atoms with Gasteiger partial charge in [-0.25, -0.2) is 18.3 Å². The van der Waals surface area contributed by atoms with Crippen molar-refractivity contribution in [3.8, 4) is 5.75 Å². The Labute approximate surface area is 218 Å². The van der Waals surface area contributed by atoms with Crippen LogP contribution in [0.25, 0.3) is 0 Å². The molecular weight excluding hydrogens is 526 g/mol. The van der Waals surface area contributed by atoms with E-state index in [1.807, 2.05) is 9.80 Å². The maximum absolute atomic E-state index is 14.3. The molecule has 2 saturated heterocycles. The number of piperazine rings is 1. The number of ether oxygens (including phenoxy) is 2. The summed E-state index contributed by atoms with van der Waals surface area (Å²) < 4.78 is 51.4. The van der Waals surface area contributed by atoms with Gasteiger partial charge in [0.1, 0.15) is 0 Å². The molecule has 0 aromatic heterocycles. The third kappa shape index (κ3) is 6.68. The average molecular weight is 562 g/mol. The topological polar surface area (TPSA) is 112 Å². The van der Waals surface area contributed by atoms with Crippen molar-refractivity contribution < 1.29 is 32.3 Å². The summed E-state index contributed by atoms with van der Waals surface area (Å²) in [6, 6.07) is 4.69. The van der Waals surface area contributed by atoms with Crippen LogP contribution in [0, 0.1) is 5.82 Å². The largest absolute Gasteiger partial charge is 0.491 e. The maximum atomic E-state index is 14.3. The number of hydroxylamine groups is 1. The standard InChI is InChI=1S/C21H33FN4O6S.2ClH/c1-3-32-19-5-4-17(16-18(19)22)25-10-12-26(13-11-25)33(29,30)21(20(27)23-28)6-8-24(9-7-21)14-15-31-2;;/h4-5,16,28H,3,6-15H2,1-2H3,(H,23,27);2*1H. The van der Waals surface area contributed by atoms with Gasteiger partial charge in [0.05, 0.1) is 13.2 Å². The number of sulfonamides is 1. The number of hydrogen-bond acceptors (Lipinski definition) is 8. The highest BCUT2D eigenvalue weighted by Crippen LogP contribution is 2.35. The third-order valence-corrected chi connectivity index (χ3v) is 9.07. The Kier molecular flexibility index (Phi) is 12.4. The highest BCUT2D eigenvalue weighted by atomic mass is 35.5. The summed E-state index contributed by atoms with van der Waals surface area (Å²) in [5.74, 6) is -1.19. The minimum Gasteiger partial charge on any atom is -0.491 e. The van der Waals surface area contributed by atoms with Crippen LogP contribution in [-0.4, -0.2) is 99.6 Å². The Hall–Kier alpha value is -1.41. The zero-order valence-electron chi connectivity index (χ0n) is 19.9. The second-order valence-corrected chi connectivity index (χ2v) is 10.5. The van der Waals surface area contributed by atoms with E-state index < -0.39 is 26.5 Å². The molecule has 0 aliphatic carbocycles.